The van der Waals surface area contributed by atoms with Crippen LogP contribution in [0.15, 0.2) is 67.3 Å². The molecule has 146 valence electrons. The Morgan fingerprint density at radius 3 is 2.43 bits per heavy atom. The number of hydrogen-bond donors (Lipinski definition) is 2. The summed E-state index contributed by atoms with van der Waals surface area (Å²) in [7, 11) is 0. The standard InChI is InChI=1S/C23H27N3O2/c1-2-14-24-23(28)20-10-6-7-11-21(20)26-15-12-19(13-16-26)25-22(27)17-18-8-4-3-5-9-18/h2-11,19H,1,12-17H2,(H,24,28)(H,25,27). The number of carbonyl (C=O) groups is 2. The molecule has 0 atom stereocenters. The molecule has 0 aliphatic carbocycles. The normalized spacial score (nSPS) is 14.4. The minimum absolute atomic E-state index is 0.0638. The number of piperidine rings is 1. The van der Waals surface area contributed by atoms with E-state index in [0.717, 1.165) is 37.2 Å². The highest BCUT2D eigenvalue weighted by atomic mass is 16.2. The first-order valence-electron chi connectivity index (χ1n) is 9.73. The SMILES string of the molecule is C=CCNC(=O)c1ccccc1N1CCC(NC(=O)Cc2ccccc2)CC1. The largest absolute Gasteiger partial charge is 0.371 e. The third-order valence-corrected chi connectivity index (χ3v) is 4.96. The van der Waals surface area contributed by atoms with Crippen LogP contribution < -0.4 is 15.5 Å². The second-order valence-corrected chi connectivity index (χ2v) is 7.01. The van der Waals surface area contributed by atoms with Gasteiger partial charge in [-0.2, -0.15) is 0 Å². The van der Waals surface area contributed by atoms with Crippen molar-refractivity contribution in [2.45, 2.75) is 25.3 Å². The van der Waals surface area contributed by atoms with Crippen LogP contribution in [-0.4, -0.2) is 37.5 Å². The molecule has 0 saturated carbocycles. The first-order chi connectivity index (χ1) is 13.7. The Morgan fingerprint density at radius 1 is 1.04 bits per heavy atom. The fourth-order valence-electron chi connectivity index (χ4n) is 3.53. The molecule has 0 radical (unpaired) electrons. The molecule has 28 heavy (non-hydrogen) atoms. The molecular formula is C23H27N3O2. The van der Waals surface area contributed by atoms with E-state index in [1.807, 2.05) is 54.6 Å². The molecule has 0 unspecified atom stereocenters. The first kappa shape index (κ1) is 19.7. The van der Waals surface area contributed by atoms with Gasteiger partial charge in [-0.15, -0.1) is 6.58 Å². The van der Waals surface area contributed by atoms with E-state index in [9.17, 15) is 9.59 Å². The molecule has 1 aliphatic rings. The van der Waals surface area contributed by atoms with E-state index in [-0.39, 0.29) is 17.9 Å². The van der Waals surface area contributed by atoms with Crippen LogP contribution in [0, 0.1) is 0 Å². The minimum atomic E-state index is -0.0891. The maximum Gasteiger partial charge on any atom is 0.253 e. The second-order valence-electron chi connectivity index (χ2n) is 7.01. The van der Waals surface area contributed by atoms with Gasteiger partial charge in [-0.25, -0.2) is 0 Å². The Kier molecular flexibility index (Phi) is 6.84. The van der Waals surface area contributed by atoms with Crippen molar-refractivity contribution >= 4 is 17.5 Å². The van der Waals surface area contributed by atoms with Gasteiger partial charge in [-0.1, -0.05) is 48.5 Å². The molecule has 1 heterocycles. The third-order valence-electron chi connectivity index (χ3n) is 4.96. The van der Waals surface area contributed by atoms with Crippen molar-refractivity contribution < 1.29 is 9.59 Å². The van der Waals surface area contributed by atoms with Crippen LogP contribution >= 0.6 is 0 Å². The Labute approximate surface area is 166 Å². The Balaban J connectivity index is 1.55. The second kappa shape index (κ2) is 9.74. The average molecular weight is 377 g/mol. The van der Waals surface area contributed by atoms with Gasteiger partial charge >= 0.3 is 0 Å². The summed E-state index contributed by atoms with van der Waals surface area (Å²) in [6, 6.07) is 17.6. The van der Waals surface area contributed by atoms with Crippen LogP contribution in [-0.2, 0) is 11.2 Å². The highest BCUT2D eigenvalue weighted by molar-refractivity contribution is 5.99. The van der Waals surface area contributed by atoms with E-state index in [1.54, 1.807) is 6.08 Å². The number of carbonyl (C=O) groups excluding carboxylic acids is 2. The number of nitrogens with one attached hydrogen (secondary N) is 2. The number of nitrogens with zero attached hydrogens (tertiary/aromatic N) is 1. The molecule has 2 aromatic carbocycles. The lowest BCUT2D eigenvalue weighted by atomic mass is 10.0. The molecule has 5 heteroatoms. The van der Waals surface area contributed by atoms with Gasteiger partial charge in [0.05, 0.1) is 12.0 Å². The highest BCUT2D eigenvalue weighted by Gasteiger charge is 2.23. The summed E-state index contributed by atoms with van der Waals surface area (Å²) in [4.78, 5) is 26.9. The van der Waals surface area contributed by atoms with Crippen LogP contribution in [0.4, 0.5) is 5.69 Å². The molecule has 2 aromatic rings. The summed E-state index contributed by atoms with van der Waals surface area (Å²) in [6.45, 7) is 5.70. The number of benzene rings is 2. The fraction of sp³-hybridized carbons (Fsp3) is 0.304. The van der Waals surface area contributed by atoms with Crippen molar-refractivity contribution in [2.24, 2.45) is 0 Å². The zero-order valence-corrected chi connectivity index (χ0v) is 16.1. The van der Waals surface area contributed by atoms with Crippen LogP contribution in [0.1, 0.15) is 28.8 Å². The van der Waals surface area contributed by atoms with Crippen molar-refractivity contribution in [3.8, 4) is 0 Å². The van der Waals surface area contributed by atoms with Crippen LogP contribution in [0.5, 0.6) is 0 Å². The van der Waals surface area contributed by atoms with Crippen molar-refractivity contribution in [1.82, 2.24) is 10.6 Å². The van der Waals surface area contributed by atoms with E-state index in [4.69, 9.17) is 0 Å². The van der Waals surface area contributed by atoms with Gasteiger partial charge in [0.25, 0.3) is 5.91 Å². The monoisotopic (exact) mass is 377 g/mol. The smallest absolute Gasteiger partial charge is 0.253 e. The van der Waals surface area contributed by atoms with E-state index in [0.29, 0.717) is 18.5 Å². The molecule has 1 aliphatic heterocycles. The Bertz CT molecular complexity index is 812. The van der Waals surface area contributed by atoms with Gasteiger partial charge in [0, 0.05) is 31.4 Å². The molecular weight excluding hydrogens is 350 g/mol. The van der Waals surface area contributed by atoms with Gasteiger partial charge in [0.15, 0.2) is 0 Å². The van der Waals surface area contributed by atoms with Gasteiger partial charge in [-0.05, 0) is 30.5 Å². The number of para-hydroxylation sites is 1. The molecule has 0 bridgehead atoms. The molecule has 3 rings (SSSR count). The fourth-order valence-corrected chi connectivity index (χ4v) is 3.53. The topological polar surface area (TPSA) is 61.4 Å². The maximum absolute atomic E-state index is 12.4. The van der Waals surface area contributed by atoms with Gasteiger partial charge in [-0.3, -0.25) is 9.59 Å². The molecule has 1 saturated heterocycles. The zero-order valence-electron chi connectivity index (χ0n) is 16.1. The highest BCUT2D eigenvalue weighted by Crippen LogP contribution is 2.24. The van der Waals surface area contributed by atoms with Crippen LogP contribution in [0.2, 0.25) is 0 Å². The third kappa shape index (κ3) is 5.22. The molecule has 1 fully saturated rings. The predicted octanol–water partition coefficient (Wildman–Crippen LogP) is 2.93. The van der Waals surface area contributed by atoms with Gasteiger partial charge in [0.1, 0.15) is 0 Å². The van der Waals surface area contributed by atoms with E-state index >= 15 is 0 Å². The quantitative estimate of drug-likeness (QED) is 0.730. The summed E-state index contributed by atoms with van der Waals surface area (Å²) >= 11 is 0. The zero-order chi connectivity index (χ0) is 19.8. The molecule has 2 N–H and O–H groups in total. The summed E-state index contributed by atoms with van der Waals surface area (Å²) in [5.41, 5.74) is 2.64. The van der Waals surface area contributed by atoms with E-state index in [2.05, 4.69) is 22.1 Å². The van der Waals surface area contributed by atoms with Gasteiger partial charge in [0.2, 0.25) is 5.91 Å². The van der Waals surface area contributed by atoms with Crippen LogP contribution in [0.3, 0.4) is 0 Å². The van der Waals surface area contributed by atoms with E-state index in [1.165, 1.54) is 0 Å². The summed E-state index contributed by atoms with van der Waals surface area (Å²) in [5, 5.41) is 5.99. The maximum atomic E-state index is 12.4. The number of rotatable bonds is 7. The molecule has 0 spiro atoms. The van der Waals surface area contributed by atoms with Gasteiger partial charge < -0.3 is 15.5 Å². The van der Waals surface area contributed by atoms with Crippen molar-refractivity contribution in [2.75, 3.05) is 24.5 Å². The summed E-state index contributed by atoms with van der Waals surface area (Å²) < 4.78 is 0. The Morgan fingerprint density at radius 2 is 1.71 bits per heavy atom. The van der Waals surface area contributed by atoms with Crippen molar-refractivity contribution in [3.05, 3.63) is 78.4 Å². The predicted molar refractivity (Wildman–Crippen MR) is 112 cm³/mol. The molecule has 5 nitrogen and oxygen atoms in total. The first-order valence-corrected chi connectivity index (χ1v) is 9.73. The summed E-state index contributed by atoms with van der Waals surface area (Å²) in [5.74, 6) is -0.0253. The number of hydrogen-bond acceptors (Lipinski definition) is 3. The summed E-state index contributed by atoms with van der Waals surface area (Å²) in [6.07, 6.45) is 3.81. The lowest BCUT2D eigenvalue weighted by molar-refractivity contribution is -0.121. The van der Waals surface area contributed by atoms with Crippen molar-refractivity contribution in [1.29, 1.82) is 0 Å². The van der Waals surface area contributed by atoms with E-state index < -0.39 is 0 Å². The Hall–Kier alpha value is -3.08. The van der Waals surface area contributed by atoms with Crippen molar-refractivity contribution in [3.63, 3.8) is 0 Å². The average Bonchev–Trinajstić information content (AvgIpc) is 2.73. The minimum Gasteiger partial charge on any atom is -0.371 e. The number of amides is 2. The molecule has 2 amide bonds. The molecule has 0 aromatic heterocycles. The van der Waals surface area contributed by atoms with Crippen LogP contribution in [0.25, 0.3) is 0 Å². The lowest BCUT2D eigenvalue weighted by Gasteiger charge is -2.35. The number of anilines is 1. The lowest BCUT2D eigenvalue weighted by Crippen LogP contribution is -2.45.